The Hall–Kier alpha value is -0.930. The number of ether oxygens (including phenoxy) is 1. The lowest BCUT2D eigenvalue weighted by molar-refractivity contribution is 0.101. The van der Waals surface area contributed by atoms with Gasteiger partial charge in [-0.15, -0.1) is 0 Å². The van der Waals surface area contributed by atoms with Crippen molar-refractivity contribution >= 4 is 0 Å². The van der Waals surface area contributed by atoms with E-state index in [0.717, 1.165) is 19.6 Å². The molecule has 2 unspecified atom stereocenters. The predicted octanol–water partition coefficient (Wildman–Crippen LogP) is 2.95. The molecule has 1 saturated heterocycles. The Kier molecular flexibility index (Phi) is 6.31. The van der Waals surface area contributed by atoms with E-state index in [0.29, 0.717) is 12.1 Å². The van der Waals surface area contributed by atoms with E-state index in [1.165, 1.54) is 37.7 Å². The molecule has 19 heavy (non-hydrogen) atoms. The van der Waals surface area contributed by atoms with Crippen molar-refractivity contribution < 1.29 is 4.74 Å². The smallest absolute Gasteiger partial charge is 0.0576 e. The molecule has 1 fully saturated rings. The Morgan fingerprint density at radius 3 is 2.95 bits per heavy atom. The Bertz CT molecular complexity index is 336. The van der Waals surface area contributed by atoms with Crippen LogP contribution >= 0.6 is 0 Å². The van der Waals surface area contributed by atoms with Gasteiger partial charge in [-0.3, -0.25) is 4.98 Å². The molecular weight excluding hydrogens is 236 g/mol. The van der Waals surface area contributed by atoms with Crippen molar-refractivity contribution in [1.29, 1.82) is 0 Å². The molecule has 0 radical (unpaired) electrons. The molecule has 1 N–H and O–H groups in total. The standard InChI is InChI=1S/C16H26N2O/c1-2-18-15(13-14-8-10-17-11-9-14)5-3-6-16-7-4-12-19-16/h8-11,15-16,18H,2-7,12-13H2,1H3. The minimum atomic E-state index is 0.531. The van der Waals surface area contributed by atoms with E-state index in [1.54, 1.807) is 0 Å². The van der Waals surface area contributed by atoms with Crippen LogP contribution < -0.4 is 5.32 Å². The van der Waals surface area contributed by atoms with Crippen molar-refractivity contribution in [2.45, 2.75) is 57.6 Å². The van der Waals surface area contributed by atoms with Crippen LogP contribution in [0.1, 0.15) is 44.6 Å². The monoisotopic (exact) mass is 262 g/mol. The van der Waals surface area contributed by atoms with Gasteiger partial charge in [-0.25, -0.2) is 0 Å². The number of pyridine rings is 1. The third-order valence-electron chi connectivity index (χ3n) is 3.83. The van der Waals surface area contributed by atoms with E-state index < -0.39 is 0 Å². The van der Waals surface area contributed by atoms with E-state index in [4.69, 9.17) is 4.74 Å². The summed E-state index contributed by atoms with van der Waals surface area (Å²) in [6, 6.07) is 4.81. The Morgan fingerprint density at radius 2 is 2.26 bits per heavy atom. The molecule has 0 bridgehead atoms. The lowest BCUT2D eigenvalue weighted by atomic mass is 10.00. The maximum Gasteiger partial charge on any atom is 0.0576 e. The summed E-state index contributed by atoms with van der Waals surface area (Å²) in [5.41, 5.74) is 1.37. The summed E-state index contributed by atoms with van der Waals surface area (Å²) >= 11 is 0. The van der Waals surface area contributed by atoms with Crippen molar-refractivity contribution in [2.75, 3.05) is 13.2 Å². The van der Waals surface area contributed by atoms with Crippen LogP contribution in [0.4, 0.5) is 0 Å². The third-order valence-corrected chi connectivity index (χ3v) is 3.83. The summed E-state index contributed by atoms with van der Waals surface area (Å²) in [5, 5.41) is 3.60. The highest BCUT2D eigenvalue weighted by Crippen LogP contribution is 2.18. The number of rotatable bonds is 8. The maximum absolute atomic E-state index is 5.68. The Labute approximate surface area is 116 Å². The highest BCUT2D eigenvalue weighted by atomic mass is 16.5. The van der Waals surface area contributed by atoms with Crippen LogP contribution in [0.2, 0.25) is 0 Å². The molecule has 2 heterocycles. The second-order valence-corrected chi connectivity index (χ2v) is 5.38. The molecule has 0 saturated carbocycles. The fraction of sp³-hybridized carbons (Fsp3) is 0.688. The van der Waals surface area contributed by atoms with Crippen LogP contribution in [0, 0.1) is 0 Å². The first-order valence-corrected chi connectivity index (χ1v) is 7.62. The quantitative estimate of drug-likeness (QED) is 0.782. The van der Waals surface area contributed by atoms with Crippen LogP contribution in [0.15, 0.2) is 24.5 Å². The fourth-order valence-corrected chi connectivity index (χ4v) is 2.83. The summed E-state index contributed by atoms with van der Waals surface area (Å²) in [6.07, 6.45) is 11.6. The number of likely N-dealkylation sites (N-methyl/N-ethyl adjacent to an activating group) is 1. The van der Waals surface area contributed by atoms with E-state index in [1.807, 2.05) is 12.4 Å². The second-order valence-electron chi connectivity index (χ2n) is 5.38. The Balaban J connectivity index is 1.72. The van der Waals surface area contributed by atoms with Gasteiger partial charge in [0.05, 0.1) is 6.10 Å². The van der Waals surface area contributed by atoms with Crippen molar-refractivity contribution in [3.05, 3.63) is 30.1 Å². The summed E-state index contributed by atoms with van der Waals surface area (Å²) < 4.78 is 5.68. The van der Waals surface area contributed by atoms with E-state index in [-0.39, 0.29) is 0 Å². The Morgan fingerprint density at radius 1 is 1.42 bits per heavy atom. The predicted molar refractivity (Wildman–Crippen MR) is 78.2 cm³/mol. The van der Waals surface area contributed by atoms with Crippen LogP contribution in [-0.2, 0) is 11.2 Å². The first-order chi connectivity index (χ1) is 9.38. The minimum absolute atomic E-state index is 0.531. The van der Waals surface area contributed by atoms with Crippen LogP contribution in [-0.4, -0.2) is 30.3 Å². The van der Waals surface area contributed by atoms with Crippen molar-refractivity contribution in [1.82, 2.24) is 10.3 Å². The largest absolute Gasteiger partial charge is 0.378 e. The molecule has 3 heteroatoms. The van der Waals surface area contributed by atoms with Crippen molar-refractivity contribution in [3.63, 3.8) is 0 Å². The average Bonchev–Trinajstić information content (AvgIpc) is 2.93. The first kappa shape index (κ1) is 14.5. The van der Waals surface area contributed by atoms with Gasteiger partial charge in [0.25, 0.3) is 0 Å². The molecule has 2 rings (SSSR count). The van der Waals surface area contributed by atoms with Gasteiger partial charge in [0.2, 0.25) is 0 Å². The molecule has 0 aromatic carbocycles. The second kappa shape index (κ2) is 8.28. The zero-order valence-corrected chi connectivity index (χ0v) is 12.0. The fourth-order valence-electron chi connectivity index (χ4n) is 2.83. The van der Waals surface area contributed by atoms with Gasteiger partial charge in [0.1, 0.15) is 0 Å². The molecule has 106 valence electrons. The maximum atomic E-state index is 5.68. The van der Waals surface area contributed by atoms with Crippen molar-refractivity contribution in [3.8, 4) is 0 Å². The number of nitrogens with one attached hydrogen (secondary N) is 1. The minimum Gasteiger partial charge on any atom is -0.378 e. The zero-order valence-electron chi connectivity index (χ0n) is 12.0. The molecule has 1 aliphatic heterocycles. The first-order valence-electron chi connectivity index (χ1n) is 7.62. The summed E-state index contributed by atoms with van der Waals surface area (Å²) in [4.78, 5) is 4.08. The molecule has 1 aliphatic rings. The zero-order chi connectivity index (χ0) is 13.3. The van der Waals surface area contributed by atoms with Gasteiger partial charge >= 0.3 is 0 Å². The van der Waals surface area contributed by atoms with Gasteiger partial charge in [-0.2, -0.15) is 0 Å². The van der Waals surface area contributed by atoms with Gasteiger partial charge in [0.15, 0.2) is 0 Å². The van der Waals surface area contributed by atoms with Crippen molar-refractivity contribution in [2.24, 2.45) is 0 Å². The van der Waals surface area contributed by atoms with Gasteiger partial charge in [0, 0.05) is 25.0 Å². The molecular formula is C16H26N2O. The summed E-state index contributed by atoms with van der Waals surface area (Å²) in [6.45, 7) is 4.19. The average molecular weight is 262 g/mol. The molecule has 0 spiro atoms. The lowest BCUT2D eigenvalue weighted by Gasteiger charge is -2.19. The van der Waals surface area contributed by atoms with E-state index in [9.17, 15) is 0 Å². The normalized spacial score (nSPS) is 20.6. The van der Waals surface area contributed by atoms with E-state index >= 15 is 0 Å². The van der Waals surface area contributed by atoms with E-state index in [2.05, 4.69) is 29.4 Å². The molecule has 0 amide bonds. The molecule has 1 aromatic rings. The lowest BCUT2D eigenvalue weighted by Crippen LogP contribution is -2.31. The van der Waals surface area contributed by atoms with Crippen LogP contribution in [0.3, 0.4) is 0 Å². The number of hydrogen-bond donors (Lipinski definition) is 1. The highest BCUT2D eigenvalue weighted by molar-refractivity contribution is 5.11. The number of hydrogen-bond acceptors (Lipinski definition) is 3. The third kappa shape index (κ3) is 5.29. The molecule has 2 atom stereocenters. The topological polar surface area (TPSA) is 34.1 Å². The van der Waals surface area contributed by atoms with Gasteiger partial charge in [-0.05, 0) is 62.8 Å². The van der Waals surface area contributed by atoms with Gasteiger partial charge in [-0.1, -0.05) is 6.92 Å². The summed E-state index contributed by atoms with van der Waals surface area (Å²) in [7, 11) is 0. The number of nitrogens with zero attached hydrogens (tertiary/aromatic N) is 1. The molecule has 0 aliphatic carbocycles. The molecule has 1 aromatic heterocycles. The van der Waals surface area contributed by atoms with Crippen LogP contribution in [0.25, 0.3) is 0 Å². The highest BCUT2D eigenvalue weighted by Gasteiger charge is 2.16. The summed E-state index contributed by atoms with van der Waals surface area (Å²) in [5.74, 6) is 0. The number of aromatic nitrogens is 1. The molecule has 3 nitrogen and oxygen atoms in total. The van der Waals surface area contributed by atoms with Gasteiger partial charge < -0.3 is 10.1 Å². The van der Waals surface area contributed by atoms with Crippen LogP contribution in [0.5, 0.6) is 0 Å². The SMILES string of the molecule is CCNC(CCCC1CCCO1)Cc1ccncc1.